The van der Waals surface area contributed by atoms with E-state index in [4.69, 9.17) is 4.74 Å². The number of pyridine rings is 1. The number of halogens is 4. The van der Waals surface area contributed by atoms with Crippen LogP contribution < -0.4 is 10.1 Å². The second-order valence-electron chi connectivity index (χ2n) is 6.22. The van der Waals surface area contributed by atoms with E-state index in [-0.39, 0.29) is 18.3 Å². The molecule has 22 heavy (non-hydrogen) atoms. The van der Waals surface area contributed by atoms with Gasteiger partial charge in [0.15, 0.2) is 0 Å². The number of hydrogen-bond acceptors (Lipinski definition) is 3. The molecule has 0 bridgehead atoms. The molecule has 1 aromatic rings. The second kappa shape index (κ2) is 6.62. The predicted octanol–water partition coefficient (Wildman–Crippen LogP) is 3.68. The molecule has 0 unspecified atom stereocenters. The van der Waals surface area contributed by atoms with Crippen molar-refractivity contribution in [3.05, 3.63) is 23.9 Å². The normalized spacial score (nSPS) is 21.0. The number of alkyl halides is 3. The minimum absolute atomic E-state index is 0. The molecule has 1 spiro atoms. The number of ether oxygens (including phenoxy) is 1. The van der Waals surface area contributed by atoms with E-state index in [1.807, 2.05) is 0 Å². The van der Waals surface area contributed by atoms with E-state index in [0.29, 0.717) is 17.9 Å². The fourth-order valence-corrected chi connectivity index (χ4v) is 3.48. The van der Waals surface area contributed by atoms with Gasteiger partial charge in [-0.2, -0.15) is 13.2 Å². The van der Waals surface area contributed by atoms with Crippen LogP contribution in [0.2, 0.25) is 0 Å². The number of nitrogens with zero attached hydrogens (tertiary/aromatic N) is 1. The highest BCUT2D eigenvalue weighted by Gasteiger charge is 2.44. The van der Waals surface area contributed by atoms with Gasteiger partial charge in [0.25, 0.3) is 0 Å². The molecule has 0 aromatic carbocycles. The number of hydrogen-bond donors (Lipinski definition) is 1. The molecule has 0 atom stereocenters. The summed E-state index contributed by atoms with van der Waals surface area (Å²) in [7, 11) is 0. The summed E-state index contributed by atoms with van der Waals surface area (Å²) in [5.41, 5.74) is -0.250. The Labute approximate surface area is 134 Å². The van der Waals surface area contributed by atoms with Gasteiger partial charge in [-0.3, -0.25) is 0 Å². The van der Waals surface area contributed by atoms with Crippen molar-refractivity contribution in [1.29, 1.82) is 0 Å². The number of nitrogens with one attached hydrogen (secondary N) is 1. The molecule has 1 aliphatic carbocycles. The van der Waals surface area contributed by atoms with Gasteiger partial charge in [0.05, 0.1) is 12.2 Å². The molecule has 7 heteroatoms. The number of aromatic nitrogens is 1. The predicted molar refractivity (Wildman–Crippen MR) is 79.2 cm³/mol. The van der Waals surface area contributed by atoms with Gasteiger partial charge in [-0.05, 0) is 56.2 Å². The highest BCUT2D eigenvalue weighted by Crippen LogP contribution is 2.51. The summed E-state index contributed by atoms with van der Waals surface area (Å²) in [6.45, 7) is 2.73. The molecule has 1 aliphatic heterocycles. The molecule has 1 N–H and O–H groups in total. The second-order valence-corrected chi connectivity index (χ2v) is 6.22. The Balaban J connectivity index is 0.00000176. The van der Waals surface area contributed by atoms with Crippen molar-refractivity contribution < 1.29 is 17.9 Å². The smallest absolute Gasteiger partial charge is 0.417 e. The van der Waals surface area contributed by atoms with Gasteiger partial charge in [-0.1, -0.05) is 0 Å². The van der Waals surface area contributed by atoms with Crippen molar-refractivity contribution in [1.82, 2.24) is 10.3 Å². The first-order valence-corrected chi connectivity index (χ1v) is 7.34. The topological polar surface area (TPSA) is 34.1 Å². The van der Waals surface area contributed by atoms with E-state index >= 15 is 0 Å². The van der Waals surface area contributed by atoms with Crippen LogP contribution in [-0.2, 0) is 6.18 Å². The van der Waals surface area contributed by atoms with E-state index in [1.165, 1.54) is 18.9 Å². The van der Waals surface area contributed by atoms with Crippen molar-refractivity contribution in [2.75, 3.05) is 19.7 Å². The van der Waals surface area contributed by atoms with Gasteiger partial charge in [-0.25, -0.2) is 4.98 Å². The van der Waals surface area contributed by atoms with Crippen LogP contribution in [0, 0.1) is 11.3 Å². The summed E-state index contributed by atoms with van der Waals surface area (Å²) in [5.74, 6) is 0.779. The van der Waals surface area contributed by atoms with Gasteiger partial charge in [0.2, 0.25) is 5.88 Å². The minimum Gasteiger partial charge on any atom is -0.477 e. The summed E-state index contributed by atoms with van der Waals surface area (Å²) in [6, 6.07) is 2.30. The number of piperidine rings is 1. The number of rotatable bonds is 3. The molecule has 1 saturated carbocycles. The first kappa shape index (κ1) is 17.3. The van der Waals surface area contributed by atoms with E-state index in [9.17, 15) is 13.2 Å². The van der Waals surface area contributed by atoms with E-state index < -0.39 is 11.7 Å². The van der Waals surface area contributed by atoms with Crippen LogP contribution in [0.4, 0.5) is 13.2 Å². The van der Waals surface area contributed by atoms with Gasteiger partial charge in [-0.15, -0.1) is 12.4 Å². The largest absolute Gasteiger partial charge is 0.477 e. The average Bonchev–Trinajstić information content (AvgIpc) is 2.43. The summed E-state index contributed by atoms with van der Waals surface area (Å²) in [5, 5.41) is 3.37. The maximum absolute atomic E-state index is 12.4. The molecule has 0 radical (unpaired) electrons. The average molecular weight is 337 g/mol. The Kier molecular flexibility index (Phi) is 5.22. The van der Waals surface area contributed by atoms with Crippen LogP contribution >= 0.6 is 12.4 Å². The maximum atomic E-state index is 12.4. The molecule has 2 fully saturated rings. The standard InChI is InChI=1S/C15H19F3N2O.ClH/c16-15(17,18)12-1-2-13(20-9-12)21-10-11-7-14(8-11)3-5-19-6-4-14;/h1-2,9,11,19H,3-8,10H2;1H. The maximum Gasteiger partial charge on any atom is 0.417 e. The summed E-state index contributed by atoms with van der Waals surface area (Å²) < 4.78 is 42.8. The van der Waals surface area contributed by atoms with Crippen LogP contribution in [0.5, 0.6) is 5.88 Å². The van der Waals surface area contributed by atoms with Crippen molar-refractivity contribution in [2.24, 2.45) is 11.3 Å². The van der Waals surface area contributed by atoms with Crippen LogP contribution in [0.3, 0.4) is 0 Å². The SMILES string of the molecule is Cl.FC(F)(F)c1ccc(OCC2CC3(CCNCC3)C2)nc1. The highest BCUT2D eigenvalue weighted by molar-refractivity contribution is 5.85. The summed E-state index contributed by atoms with van der Waals surface area (Å²) in [6.07, 6.45) is 1.25. The van der Waals surface area contributed by atoms with Crippen molar-refractivity contribution >= 4 is 12.4 Å². The lowest BCUT2D eigenvalue weighted by atomic mass is 9.58. The van der Waals surface area contributed by atoms with Crippen LogP contribution in [-0.4, -0.2) is 24.7 Å². The molecule has 1 saturated heterocycles. The monoisotopic (exact) mass is 336 g/mol. The van der Waals surface area contributed by atoms with Crippen molar-refractivity contribution in [3.63, 3.8) is 0 Å². The lowest BCUT2D eigenvalue weighted by Crippen LogP contribution is -2.46. The van der Waals surface area contributed by atoms with Gasteiger partial charge < -0.3 is 10.1 Å². The van der Waals surface area contributed by atoms with Crippen LogP contribution in [0.15, 0.2) is 18.3 Å². The third-order valence-electron chi connectivity index (χ3n) is 4.64. The first-order chi connectivity index (χ1) is 9.97. The quantitative estimate of drug-likeness (QED) is 0.914. The lowest BCUT2D eigenvalue weighted by Gasteiger charge is -2.50. The zero-order valence-electron chi connectivity index (χ0n) is 12.2. The molecule has 2 aliphatic rings. The third-order valence-corrected chi connectivity index (χ3v) is 4.64. The van der Waals surface area contributed by atoms with Crippen molar-refractivity contribution in [2.45, 2.75) is 31.9 Å². The molecule has 2 heterocycles. The van der Waals surface area contributed by atoms with Gasteiger partial charge in [0, 0.05) is 12.3 Å². The fraction of sp³-hybridized carbons (Fsp3) is 0.667. The first-order valence-electron chi connectivity index (χ1n) is 7.34. The lowest BCUT2D eigenvalue weighted by molar-refractivity contribution is -0.137. The molecule has 1 aromatic heterocycles. The minimum atomic E-state index is -4.35. The van der Waals surface area contributed by atoms with Gasteiger partial charge in [0.1, 0.15) is 0 Å². The molecule has 3 nitrogen and oxygen atoms in total. The van der Waals surface area contributed by atoms with Gasteiger partial charge >= 0.3 is 6.18 Å². The Morgan fingerprint density at radius 3 is 2.45 bits per heavy atom. The highest BCUT2D eigenvalue weighted by atomic mass is 35.5. The van der Waals surface area contributed by atoms with E-state index in [1.54, 1.807) is 0 Å². The Morgan fingerprint density at radius 1 is 1.23 bits per heavy atom. The summed E-state index contributed by atoms with van der Waals surface area (Å²) in [4.78, 5) is 3.73. The molecular formula is C15H20ClF3N2O. The van der Waals surface area contributed by atoms with E-state index in [2.05, 4.69) is 10.3 Å². The molecule has 0 amide bonds. The van der Waals surface area contributed by atoms with Crippen molar-refractivity contribution in [3.8, 4) is 5.88 Å². The summed E-state index contributed by atoms with van der Waals surface area (Å²) >= 11 is 0. The van der Waals surface area contributed by atoms with Crippen LogP contribution in [0.25, 0.3) is 0 Å². The van der Waals surface area contributed by atoms with Crippen LogP contribution in [0.1, 0.15) is 31.2 Å². The van der Waals surface area contributed by atoms with E-state index in [0.717, 1.165) is 38.2 Å². The molecule has 3 rings (SSSR count). The Morgan fingerprint density at radius 2 is 1.91 bits per heavy atom. The fourth-order valence-electron chi connectivity index (χ4n) is 3.48. The molecule has 124 valence electrons. The molecular weight excluding hydrogens is 317 g/mol. The third kappa shape index (κ3) is 3.84. The Bertz CT molecular complexity index is 479. The zero-order chi connectivity index (χ0) is 14.9. The Hall–Kier alpha value is -1.01. The zero-order valence-corrected chi connectivity index (χ0v) is 13.0.